The van der Waals surface area contributed by atoms with Gasteiger partial charge in [-0.15, -0.1) is 11.6 Å². The number of anilines is 1. The molecule has 1 aromatic rings. The Morgan fingerprint density at radius 2 is 2.10 bits per heavy atom. The summed E-state index contributed by atoms with van der Waals surface area (Å²) in [7, 11) is -3.24. The van der Waals surface area contributed by atoms with E-state index in [-0.39, 0.29) is 22.9 Å². The van der Waals surface area contributed by atoms with Gasteiger partial charge in [-0.3, -0.25) is 10.1 Å². The Balaban J connectivity index is 1.99. The normalized spacial score (nSPS) is 23.5. The molecule has 2 atom stereocenters. The Labute approximate surface area is 125 Å². The molecule has 21 heavy (non-hydrogen) atoms. The maximum atomic E-state index is 11.8. The molecule has 2 rings (SSSR count). The largest absolute Gasteiger partial charge is 0.333 e. The SMILES string of the molecule is O=C(Nc1cccc([N+](=O)[O-])c1)N[C@@H]1CS(=O)(=O)C[C@H]1Cl. The lowest BCUT2D eigenvalue weighted by Gasteiger charge is -2.14. The van der Waals surface area contributed by atoms with Gasteiger partial charge in [0.1, 0.15) is 0 Å². The van der Waals surface area contributed by atoms with Crippen molar-refractivity contribution in [1.29, 1.82) is 0 Å². The van der Waals surface area contributed by atoms with Crippen LogP contribution < -0.4 is 10.6 Å². The average molecular weight is 334 g/mol. The van der Waals surface area contributed by atoms with E-state index in [0.717, 1.165) is 0 Å². The number of hydrogen-bond acceptors (Lipinski definition) is 5. The van der Waals surface area contributed by atoms with Gasteiger partial charge in [0.2, 0.25) is 0 Å². The highest BCUT2D eigenvalue weighted by Crippen LogP contribution is 2.19. The fourth-order valence-electron chi connectivity index (χ4n) is 1.97. The first-order chi connectivity index (χ1) is 9.77. The van der Waals surface area contributed by atoms with Crippen molar-refractivity contribution in [3.63, 3.8) is 0 Å². The van der Waals surface area contributed by atoms with Crippen LogP contribution in [-0.4, -0.2) is 42.3 Å². The minimum Gasteiger partial charge on any atom is -0.333 e. The first-order valence-electron chi connectivity index (χ1n) is 5.93. The summed E-state index contributed by atoms with van der Waals surface area (Å²) in [6, 6.07) is 4.05. The van der Waals surface area contributed by atoms with Crippen molar-refractivity contribution in [2.75, 3.05) is 16.8 Å². The molecular formula is C11H12ClN3O5S. The molecule has 0 bridgehead atoms. The molecule has 2 amide bonds. The highest BCUT2D eigenvalue weighted by atomic mass is 35.5. The molecule has 0 aliphatic carbocycles. The van der Waals surface area contributed by atoms with E-state index in [0.29, 0.717) is 0 Å². The van der Waals surface area contributed by atoms with Crippen LogP contribution in [0.3, 0.4) is 0 Å². The number of amides is 2. The van der Waals surface area contributed by atoms with Gasteiger partial charge in [-0.1, -0.05) is 6.07 Å². The molecule has 1 fully saturated rings. The summed E-state index contributed by atoms with van der Waals surface area (Å²) in [4.78, 5) is 21.8. The number of alkyl halides is 1. The third-order valence-electron chi connectivity index (χ3n) is 2.91. The van der Waals surface area contributed by atoms with Crippen LogP contribution in [0.1, 0.15) is 0 Å². The maximum Gasteiger partial charge on any atom is 0.319 e. The first kappa shape index (κ1) is 15.5. The number of nitro benzene ring substituents is 1. The number of rotatable bonds is 3. The highest BCUT2D eigenvalue weighted by molar-refractivity contribution is 7.91. The Morgan fingerprint density at radius 3 is 2.67 bits per heavy atom. The van der Waals surface area contributed by atoms with Crippen molar-refractivity contribution in [3.8, 4) is 0 Å². The van der Waals surface area contributed by atoms with Crippen molar-refractivity contribution in [3.05, 3.63) is 34.4 Å². The van der Waals surface area contributed by atoms with Crippen LogP contribution in [0, 0.1) is 10.1 Å². The summed E-state index contributed by atoms with van der Waals surface area (Å²) >= 11 is 5.87. The molecule has 8 nitrogen and oxygen atoms in total. The van der Waals surface area contributed by atoms with E-state index in [1.54, 1.807) is 0 Å². The Morgan fingerprint density at radius 1 is 1.38 bits per heavy atom. The van der Waals surface area contributed by atoms with Crippen LogP contribution >= 0.6 is 11.6 Å². The van der Waals surface area contributed by atoms with Crippen LogP contribution in [0.5, 0.6) is 0 Å². The topological polar surface area (TPSA) is 118 Å². The standard InChI is InChI=1S/C11H12ClN3O5S/c12-9-5-21(19,20)6-10(9)14-11(16)13-7-2-1-3-8(4-7)15(17)18/h1-4,9-10H,5-6H2,(H2,13,14,16)/t9-,10-/m1/s1. The van der Waals surface area contributed by atoms with Gasteiger partial charge < -0.3 is 10.6 Å². The zero-order valence-corrected chi connectivity index (χ0v) is 12.2. The van der Waals surface area contributed by atoms with E-state index >= 15 is 0 Å². The number of benzene rings is 1. The predicted molar refractivity (Wildman–Crippen MR) is 77.3 cm³/mol. The number of halogens is 1. The molecule has 0 radical (unpaired) electrons. The summed E-state index contributed by atoms with van der Waals surface area (Å²) in [5, 5.41) is 14.8. The summed E-state index contributed by atoms with van der Waals surface area (Å²) in [6.07, 6.45) is 0. The third kappa shape index (κ3) is 4.05. The number of urea groups is 1. The molecule has 0 spiro atoms. The van der Waals surface area contributed by atoms with Gasteiger partial charge in [0, 0.05) is 17.8 Å². The first-order valence-corrected chi connectivity index (χ1v) is 8.19. The monoisotopic (exact) mass is 333 g/mol. The lowest BCUT2D eigenvalue weighted by molar-refractivity contribution is -0.384. The van der Waals surface area contributed by atoms with Crippen LogP contribution in [0.4, 0.5) is 16.2 Å². The fraction of sp³-hybridized carbons (Fsp3) is 0.364. The molecule has 2 N–H and O–H groups in total. The minimum atomic E-state index is -3.24. The van der Waals surface area contributed by atoms with Crippen molar-refractivity contribution >= 4 is 38.8 Å². The molecule has 0 aromatic heterocycles. The summed E-state index contributed by atoms with van der Waals surface area (Å²) in [6.45, 7) is 0. The fourth-order valence-corrected chi connectivity index (χ4v) is 4.52. The number of hydrogen-bond donors (Lipinski definition) is 2. The van der Waals surface area contributed by atoms with E-state index in [1.165, 1.54) is 24.3 Å². The Bertz CT molecular complexity index is 678. The van der Waals surface area contributed by atoms with Crippen LogP contribution in [-0.2, 0) is 9.84 Å². The Hall–Kier alpha value is -1.87. The molecule has 1 aliphatic rings. The highest BCUT2D eigenvalue weighted by Gasteiger charge is 2.37. The quantitative estimate of drug-likeness (QED) is 0.488. The predicted octanol–water partition coefficient (Wildman–Crippen LogP) is 1.12. The third-order valence-corrected chi connectivity index (χ3v) is 5.29. The molecule has 10 heteroatoms. The summed E-state index contributed by atoms with van der Waals surface area (Å²) in [5.74, 6) is -0.403. The number of sulfone groups is 1. The summed E-state index contributed by atoms with van der Waals surface area (Å²) < 4.78 is 22.8. The average Bonchev–Trinajstić information content (AvgIpc) is 2.62. The molecule has 1 aromatic carbocycles. The molecule has 114 valence electrons. The van der Waals surface area contributed by atoms with Gasteiger partial charge in [-0.25, -0.2) is 13.2 Å². The van der Waals surface area contributed by atoms with Gasteiger partial charge in [0.05, 0.1) is 27.8 Å². The Kier molecular flexibility index (Phi) is 4.33. The van der Waals surface area contributed by atoms with Crippen molar-refractivity contribution in [2.45, 2.75) is 11.4 Å². The van der Waals surface area contributed by atoms with Gasteiger partial charge in [-0.05, 0) is 6.07 Å². The van der Waals surface area contributed by atoms with Crippen molar-refractivity contribution < 1.29 is 18.1 Å². The van der Waals surface area contributed by atoms with Gasteiger partial charge in [-0.2, -0.15) is 0 Å². The van der Waals surface area contributed by atoms with Crippen molar-refractivity contribution in [1.82, 2.24) is 5.32 Å². The smallest absolute Gasteiger partial charge is 0.319 e. The number of nitrogens with one attached hydrogen (secondary N) is 2. The number of nitro groups is 1. The summed E-state index contributed by atoms with van der Waals surface area (Å²) in [5.41, 5.74) is 0.0696. The van der Waals surface area contributed by atoms with E-state index in [9.17, 15) is 23.3 Å². The second kappa shape index (κ2) is 5.86. The molecule has 1 aliphatic heterocycles. The second-order valence-corrected chi connectivity index (χ2v) is 7.32. The minimum absolute atomic E-state index is 0.161. The zero-order chi connectivity index (χ0) is 15.6. The maximum absolute atomic E-state index is 11.8. The van der Waals surface area contributed by atoms with E-state index < -0.39 is 32.2 Å². The van der Waals surface area contributed by atoms with Gasteiger partial charge >= 0.3 is 6.03 Å². The number of non-ortho nitro benzene ring substituents is 1. The van der Waals surface area contributed by atoms with Crippen LogP contribution in [0.25, 0.3) is 0 Å². The lowest BCUT2D eigenvalue weighted by atomic mass is 10.2. The van der Waals surface area contributed by atoms with Gasteiger partial charge in [0.25, 0.3) is 5.69 Å². The number of nitrogens with zero attached hydrogens (tertiary/aromatic N) is 1. The zero-order valence-electron chi connectivity index (χ0n) is 10.7. The molecule has 1 saturated heterocycles. The molecule has 0 unspecified atom stereocenters. The molecular weight excluding hydrogens is 322 g/mol. The van der Waals surface area contributed by atoms with Crippen LogP contribution in [0.15, 0.2) is 24.3 Å². The molecule has 0 saturated carbocycles. The van der Waals surface area contributed by atoms with E-state index in [2.05, 4.69) is 10.6 Å². The van der Waals surface area contributed by atoms with Crippen LogP contribution in [0.2, 0.25) is 0 Å². The van der Waals surface area contributed by atoms with Gasteiger partial charge in [0.15, 0.2) is 9.84 Å². The second-order valence-electron chi connectivity index (χ2n) is 4.61. The number of carbonyl (C=O) groups is 1. The van der Waals surface area contributed by atoms with Crippen molar-refractivity contribution in [2.24, 2.45) is 0 Å². The van der Waals surface area contributed by atoms with E-state index in [4.69, 9.17) is 11.6 Å². The molecule has 1 heterocycles. The number of carbonyl (C=O) groups excluding carboxylic acids is 1. The lowest BCUT2D eigenvalue weighted by Crippen LogP contribution is -2.42. The van der Waals surface area contributed by atoms with E-state index in [1.807, 2.05) is 0 Å².